The first-order valence-electron chi connectivity index (χ1n) is 7.96. The summed E-state index contributed by atoms with van der Waals surface area (Å²) in [5.41, 5.74) is 1.31. The van der Waals surface area contributed by atoms with Crippen LogP contribution in [0.3, 0.4) is 0 Å². The summed E-state index contributed by atoms with van der Waals surface area (Å²) in [5, 5.41) is 5.52. The second kappa shape index (κ2) is 8.44. The number of ether oxygens (including phenoxy) is 1. The zero-order valence-electron chi connectivity index (χ0n) is 14.0. The number of anilines is 2. The number of methoxy groups -OCH3 is 1. The van der Waals surface area contributed by atoms with Gasteiger partial charge in [0.1, 0.15) is 0 Å². The van der Waals surface area contributed by atoms with Crippen molar-refractivity contribution in [2.24, 2.45) is 5.92 Å². The van der Waals surface area contributed by atoms with Crippen molar-refractivity contribution >= 4 is 29.1 Å². The van der Waals surface area contributed by atoms with Gasteiger partial charge in [0.05, 0.1) is 5.92 Å². The number of hydrogen-bond acceptors (Lipinski definition) is 4. The monoisotopic (exact) mass is 333 g/mol. The Morgan fingerprint density at radius 2 is 2.17 bits per heavy atom. The van der Waals surface area contributed by atoms with E-state index in [1.807, 2.05) is 0 Å². The van der Waals surface area contributed by atoms with Crippen LogP contribution in [0.15, 0.2) is 24.3 Å². The summed E-state index contributed by atoms with van der Waals surface area (Å²) in [4.78, 5) is 37.1. The molecule has 3 amide bonds. The van der Waals surface area contributed by atoms with E-state index in [1.165, 1.54) is 6.92 Å². The Balaban J connectivity index is 1.97. The topological polar surface area (TPSA) is 87.7 Å². The molecule has 1 atom stereocenters. The standard InChI is InChI=1S/C17H23N3O4/c1-12(21)19-14-5-3-6-15(10-14)20-11-13(9-16(20)22)17(23)18-7-4-8-24-2/h3,5-6,10,13H,4,7-9,11H2,1-2H3,(H,18,23)(H,19,21). The summed E-state index contributed by atoms with van der Waals surface area (Å²) in [5.74, 6) is -0.732. The molecule has 7 heteroatoms. The number of benzene rings is 1. The molecule has 24 heavy (non-hydrogen) atoms. The normalized spacial score (nSPS) is 17.0. The Labute approximate surface area is 141 Å². The van der Waals surface area contributed by atoms with Gasteiger partial charge in [-0.25, -0.2) is 0 Å². The predicted molar refractivity (Wildman–Crippen MR) is 90.7 cm³/mol. The Morgan fingerprint density at radius 1 is 1.38 bits per heavy atom. The van der Waals surface area contributed by atoms with Gasteiger partial charge in [-0.1, -0.05) is 6.07 Å². The summed E-state index contributed by atoms with van der Waals surface area (Å²) in [6.07, 6.45) is 0.936. The van der Waals surface area contributed by atoms with Crippen molar-refractivity contribution in [3.63, 3.8) is 0 Å². The highest BCUT2D eigenvalue weighted by molar-refractivity contribution is 6.01. The van der Waals surface area contributed by atoms with Gasteiger partial charge in [0.2, 0.25) is 17.7 Å². The van der Waals surface area contributed by atoms with Crippen molar-refractivity contribution in [1.29, 1.82) is 0 Å². The molecular weight excluding hydrogens is 310 g/mol. The maximum Gasteiger partial charge on any atom is 0.227 e. The maximum atomic E-state index is 12.2. The van der Waals surface area contributed by atoms with Crippen LogP contribution in [0.25, 0.3) is 0 Å². The van der Waals surface area contributed by atoms with Crippen LogP contribution in [0.4, 0.5) is 11.4 Å². The van der Waals surface area contributed by atoms with Crippen LogP contribution in [0.1, 0.15) is 19.8 Å². The minimum Gasteiger partial charge on any atom is -0.385 e. The molecule has 0 saturated carbocycles. The Kier molecular flexibility index (Phi) is 6.31. The highest BCUT2D eigenvalue weighted by Crippen LogP contribution is 2.27. The van der Waals surface area contributed by atoms with Crippen LogP contribution in [0.2, 0.25) is 0 Å². The van der Waals surface area contributed by atoms with Crippen molar-refractivity contribution in [2.75, 3.05) is 37.0 Å². The lowest BCUT2D eigenvalue weighted by Gasteiger charge is -2.17. The first kappa shape index (κ1) is 17.9. The van der Waals surface area contributed by atoms with Crippen LogP contribution < -0.4 is 15.5 Å². The summed E-state index contributed by atoms with van der Waals surface area (Å²) in [6.45, 7) is 2.90. The maximum absolute atomic E-state index is 12.2. The van der Waals surface area contributed by atoms with E-state index >= 15 is 0 Å². The lowest BCUT2D eigenvalue weighted by Crippen LogP contribution is -2.33. The molecule has 1 aliphatic heterocycles. The summed E-state index contributed by atoms with van der Waals surface area (Å²) in [6, 6.07) is 7.05. The SMILES string of the molecule is COCCCNC(=O)C1CC(=O)N(c2cccc(NC(C)=O)c2)C1. The number of carbonyl (C=O) groups excluding carboxylic acids is 3. The number of nitrogens with zero attached hydrogens (tertiary/aromatic N) is 1. The zero-order valence-corrected chi connectivity index (χ0v) is 14.0. The van der Waals surface area contributed by atoms with E-state index < -0.39 is 0 Å². The molecule has 0 radical (unpaired) electrons. The van der Waals surface area contributed by atoms with E-state index in [2.05, 4.69) is 10.6 Å². The van der Waals surface area contributed by atoms with Gasteiger partial charge in [-0.2, -0.15) is 0 Å². The molecule has 0 bridgehead atoms. The van der Waals surface area contributed by atoms with Crippen molar-refractivity contribution in [3.05, 3.63) is 24.3 Å². The second-order valence-corrected chi connectivity index (χ2v) is 5.77. The molecule has 1 heterocycles. The molecule has 1 aromatic rings. The molecule has 7 nitrogen and oxygen atoms in total. The molecule has 0 aliphatic carbocycles. The highest BCUT2D eigenvalue weighted by atomic mass is 16.5. The Morgan fingerprint density at radius 3 is 2.88 bits per heavy atom. The smallest absolute Gasteiger partial charge is 0.227 e. The van der Waals surface area contributed by atoms with Gasteiger partial charge in [-0.05, 0) is 24.6 Å². The van der Waals surface area contributed by atoms with E-state index in [1.54, 1.807) is 36.3 Å². The summed E-state index contributed by atoms with van der Waals surface area (Å²) in [7, 11) is 1.62. The van der Waals surface area contributed by atoms with Crippen molar-refractivity contribution in [2.45, 2.75) is 19.8 Å². The van der Waals surface area contributed by atoms with Crippen LogP contribution in [-0.2, 0) is 19.1 Å². The van der Waals surface area contributed by atoms with Gasteiger partial charge >= 0.3 is 0 Å². The highest BCUT2D eigenvalue weighted by Gasteiger charge is 2.35. The van der Waals surface area contributed by atoms with Gasteiger partial charge in [-0.15, -0.1) is 0 Å². The van der Waals surface area contributed by atoms with Crippen molar-refractivity contribution < 1.29 is 19.1 Å². The molecule has 1 fully saturated rings. The zero-order chi connectivity index (χ0) is 17.5. The number of amides is 3. The molecular formula is C17H23N3O4. The molecule has 1 aromatic carbocycles. The quantitative estimate of drug-likeness (QED) is 0.733. The van der Waals surface area contributed by atoms with Crippen LogP contribution in [0, 0.1) is 5.92 Å². The van der Waals surface area contributed by atoms with E-state index in [0.29, 0.717) is 31.1 Å². The first-order chi connectivity index (χ1) is 11.5. The van der Waals surface area contributed by atoms with Crippen LogP contribution in [-0.4, -0.2) is 44.5 Å². The molecule has 0 aromatic heterocycles. The molecule has 2 N–H and O–H groups in total. The number of hydrogen-bond donors (Lipinski definition) is 2. The molecule has 130 valence electrons. The lowest BCUT2D eigenvalue weighted by atomic mass is 10.1. The van der Waals surface area contributed by atoms with Gasteiger partial charge in [0.25, 0.3) is 0 Å². The summed E-state index contributed by atoms with van der Waals surface area (Å²) >= 11 is 0. The van der Waals surface area contributed by atoms with Crippen molar-refractivity contribution in [1.82, 2.24) is 5.32 Å². The predicted octanol–water partition coefficient (Wildman–Crippen LogP) is 1.15. The lowest BCUT2D eigenvalue weighted by molar-refractivity contribution is -0.126. The first-order valence-corrected chi connectivity index (χ1v) is 7.96. The van der Waals surface area contributed by atoms with E-state index in [0.717, 1.165) is 6.42 Å². The fourth-order valence-electron chi connectivity index (χ4n) is 2.66. The van der Waals surface area contributed by atoms with E-state index in [4.69, 9.17) is 4.74 Å². The van der Waals surface area contributed by atoms with Crippen LogP contribution in [0.5, 0.6) is 0 Å². The van der Waals surface area contributed by atoms with Gasteiger partial charge in [0, 0.05) is 51.5 Å². The van der Waals surface area contributed by atoms with E-state index in [-0.39, 0.29) is 30.1 Å². The molecule has 0 spiro atoms. The fraction of sp³-hybridized carbons (Fsp3) is 0.471. The number of nitrogens with one attached hydrogen (secondary N) is 2. The largest absolute Gasteiger partial charge is 0.385 e. The number of rotatable bonds is 7. The third-order valence-electron chi connectivity index (χ3n) is 3.80. The molecule has 1 unspecified atom stereocenters. The Hall–Kier alpha value is -2.41. The van der Waals surface area contributed by atoms with Crippen molar-refractivity contribution in [3.8, 4) is 0 Å². The van der Waals surface area contributed by atoms with Gasteiger partial charge < -0.3 is 20.3 Å². The minimum absolute atomic E-state index is 0.0907. The third kappa shape index (κ3) is 4.79. The molecule has 1 saturated heterocycles. The second-order valence-electron chi connectivity index (χ2n) is 5.77. The van der Waals surface area contributed by atoms with Gasteiger partial charge in [0.15, 0.2) is 0 Å². The number of carbonyl (C=O) groups is 3. The molecule has 1 aliphatic rings. The Bertz CT molecular complexity index is 618. The average molecular weight is 333 g/mol. The fourth-order valence-corrected chi connectivity index (χ4v) is 2.66. The minimum atomic E-state index is -0.357. The third-order valence-corrected chi connectivity index (χ3v) is 3.80. The summed E-state index contributed by atoms with van der Waals surface area (Å²) < 4.78 is 4.94. The average Bonchev–Trinajstić information content (AvgIpc) is 2.93. The molecule has 2 rings (SSSR count). The van der Waals surface area contributed by atoms with E-state index in [9.17, 15) is 14.4 Å². The van der Waals surface area contributed by atoms with Gasteiger partial charge in [-0.3, -0.25) is 14.4 Å². The van der Waals surface area contributed by atoms with Crippen LogP contribution >= 0.6 is 0 Å².